The molecule has 0 bridgehead atoms. The van der Waals surface area contributed by atoms with Crippen molar-refractivity contribution in [3.05, 3.63) is 89.8 Å². The van der Waals surface area contributed by atoms with Gasteiger partial charge in [-0.3, -0.25) is 5.43 Å². The van der Waals surface area contributed by atoms with Crippen LogP contribution in [0.2, 0.25) is 0 Å². The number of nitrogens with one attached hydrogen (secondary N) is 1. The van der Waals surface area contributed by atoms with Gasteiger partial charge in [-0.1, -0.05) is 18.2 Å². The summed E-state index contributed by atoms with van der Waals surface area (Å²) in [5.41, 5.74) is 6.32. The molecule has 0 aliphatic carbocycles. The molecule has 0 aliphatic heterocycles. The summed E-state index contributed by atoms with van der Waals surface area (Å²) in [6.07, 6.45) is 1.76. The number of nitrogens with zero attached hydrogens (tertiary/aromatic N) is 2. The van der Waals surface area contributed by atoms with Gasteiger partial charge in [0.05, 0.1) is 31.7 Å². The summed E-state index contributed by atoms with van der Waals surface area (Å²) in [5, 5.41) is 4.25. The number of rotatable bonds is 9. The maximum Gasteiger partial charge on any atom is 0.230 e. The van der Waals surface area contributed by atoms with E-state index in [2.05, 4.69) is 15.5 Å². The van der Waals surface area contributed by atoms with Crippen molar-refractivity contribution in [2.45, 2.75) is 13.5 Å². The van der Waals surface area contributed by atoms with Gasteiger partial charge >= 0.3 is 0 Å². The Morgan fingerprint density at radius 2 is 1.70 bits per heavy atom. The van der Waals surface area contributed by atoms with Crippen LogP contribution in [0.5, 0.6) is 17.2 Å². The molecule has 168 valence electrons. The highest BCUT2D eigenvalue weighted by Gasteiger charge is 2.17. The minimum atomic E-state index is 0.282. The van der Waals surface area contributed by atoms with Crippen LogP contribution in [0.3, 0.4) is 0 Å². The van der Waals surface area contributed by atoms with Crippen molar-refractivity contribution in [1.29, 1.82) is 0 Å². The van der Waals surface area contributed by atoms with E-state index in [0.717, 1.165) is 22.6 Å². The molecule has 4 aromatic rings. The SMILES string of the molecule is COc1ccc(OC)c(-c2nc(COc3ccc(C=NNc4ccccc4)cc3)c(C)o2)c1. The second kappa shape index (κ2) is 10.4. The van der Waals surface area contributed by atoms with Crippen molar-refractivity contribution in [2.75, 3.05) is 19.6 Å². The normalized spacial score (nSPS) is 10.9. The van der Waals surface area contributed by atoms with Gasteiger partial charge in [-0.15, -0.1) is 0 Å². The van der Waals surface area contributed by atoms with Crippen LogP contribution in [0, 0.1) is 6.92 Å². The Bertz CT molecular complexity index is 1220. The largest absolute Gasteiger partial charge is 0.497 e. The highest BCUT2D eigenvalue weighted by molar-refractivity contribution is 5.80. The van der Waals surface area contributed by atoms with Crippen molar-refractivity contribution in [1.82, 2.24) is 4.98 Å². The summed E-state index contributed by atoms with van der Waals surface area (Å²) in [4.78, 5) is 4.61. The maximum atomic E-state index is 5.91. The average Bonchev–Trinajstić information content (AvgIpc) is 3.24. The van der Waals surface area contributed by atoms with Gasteiger partial charge in [-0.2, -0.15) is 5.10 Å². The van der Waals surface area contributed by atoms with E-state index in [-0.39, 0.29) is 6.61 Å². The molecule has 0 aliphatic rings. The molecule has 0 saturated heterocycles. The van der Waals surface area contributed by atoms with Crippen LogP contribution < -0.4 is 19.6 Å². The van der Waals surface area contributed by atoms with Crippen molar-refractivity contribution in [3.63, 3.8) is 0 Å². The maximum absolute atomic E-state index is 5.91. The minimum absolute atomic E-state index is 0.282. The van der Waals surface area contributed by atoms with Crippen LogP contribution in [-0.2, 0) is 6.61 Å². The number of hydrogen-bond acceptors (Lipinski definition) is 7. The number of benzene rings is 3. The van der Waals surface area contributed by atoms with Gasteiger partial charge in [-0.25, -0.2) is 4.98 Å². The molecular weight excluding hydrogens is 418 g/mol. The molecule has 0 unspecified atom stereocenters. The van der Waals surface area contributed by atoms with Crippen LogP contribution in [0.4, 0.5) is 5.69 Å². The number of aryl methyl sites for hydroxylation is 1. The molecule has 0 spiro atoms. The first-order valence-corrected chi connectivity index (χ1v) is 10.4. The predicted molar refractivity (Wildman–Crippen MR) is 128 cm³/mol. The Hall–Kier alpha value is -4.26. The minimum Gasteiger partial charge on any atom is -0.497 e. The van der Waals surface area contributed by atoms with E-state index in [1.54, 1.807) is 20.4 Å². The third-order valence-corrected chi connectivity index (χ3v) is 4.97. The highest BCUT2D eigenvalue weighted by Crippen LogP contribution is 2.34. The lowest BCUT2D eigenvalue weighted by molar-refractivity contribution is 0.299. The Kier molecular flexibility index (Phi) is 6.90. The van der Waals surface area contributed by atoms with E-state index in [4.69, 9.17) is 18.6 Å². The van der Waals surface area contributed by atoms with Crippen molar-refractivity contribution in [2.24, 2.45) is 5.10 Å². The molecule has 0 amide bonds. The number of aromatic nitrogens is 1. The molecule has 4 rings (SSSR count). The first-order chi connectivity index (χ1) is 16.2. The summed E-state index contributed by atoms with van der Waals surface area (Å²) in [6, 6.07) is 22.9. The second-order valence-corrected chi connectivity index (χ2v) is 7.18. The number of ether oxygens (including phenoxy) is 3. The Morgan fingerprint density at radius 3 is 2.42 bits per heavy atom. The van der Waals surface area contributed by atoms with Gasteiger partial charge in [0.25, 0.3) is 0 Å². The van der Waals surface area contributed by atoms with Crippen molar-refractivity contribution in [3.8, 4) is 28.7 Å². The summed E-state index contributed by atoms with van der Waals surface area (Å²) in [5.74, 6) is 3.22. The second-order valence-electron chi connectivity index (χ2n) is 7.18. The van der Waals surface area contributed by atoms with Crippen LogP contribution in [-0.4, -0.2) is 25.4 Å². The molecule has 0 atom stereocenters. The molecule has 1 aromatic heterocycles. The van der Waals surface area contributed by atoms with Gasteiger partial charge in [0.15, 0.2) is 0 Å². The predicted octanol–water partition coefficient (Wildman–Crippen LogP) is 5.69. The van der Waals surface area contributed by atoms with Crippen LogP contribution in [0.25, 0.3) is 11.5 Å². The Morgan fingerprint density at radius 1 is 0.939 bits per heavy atom. The Labute approximate surface area is 192 Å². The standard InChI is InChI=1S/C26H25N3O4/c1-18-24(28-26(33-18)23-15-22(30-2)13-14-25(23)31-3)17-32-21-11-9-19(10-12-21)16-27-29-20-7-5-4-6-8-20/h4-16,29H,17H2,1-3H3. The average molecular weight is 444 g/mol. The monoisotopic (exact) mass is 443 g/mol. The zero-order valence-corrected chi connectivity index (χ0v) is 18.7. The van der Waals surface area contributed by atoms with Gasteiger partial charge < -0.3 is 18.6 Å². The van der Waals surface area contributed by atoms with Gasteiger partial charge in [0.1, 0.15) is 35.3 Å². The van der Waals surface area contributed by atoms with Crippen LogP contribution in [0.1, 0.15) is 17.0 Å². The van der Waals surface area contributed by atoms with Gasteiger partial charge in [0, 0.05) is 0 Å². The summed E-state index contributed by atoms with van der Waals surface area (Å²) >= 11 is 0. The van der Waals surface area contributed by atoms with Gasteiger partial charge in [0.2, 0.25) is 5.89 Å². The number of para-hydroxylation sites is 1. The van der Waals surface area contributed by atoms with E-state index in [0.29, 0.717) is 28.8 Å². The number of methoxy groups -OCH3 is 2. The van der Waals surface area contributed by atoms with E-state index in [9.17, 15) is 0 Å². The van der Waals surface area contributed by atoms with Crippen molar-refractivity contribution >= 4 is 11.9 Å². The zero-order valence-electron chi connectivity index (χ0n) is 18.7. The molecular formula is C26H25N3O4. The van der Waals surface area contributed by atoms with E-state index in [1.165, 1.54) is 0 Å². The fraction of sp³-hybridized carbons (Fsp3) is 0.154. The molecule has 3 aromatic carbocycles. The quantitative estimate of drug-likeness (QED) is 0.264. The lowest BCUT2D eigenvalue weighted by atomic mass is 10.2. The fourth-order valence-electron chi connectivity index (χ4n) is 3.15. The summed E-state index contributed by atoms with van der Waals surface area (Å²) in [7, 11) is 3.22. The van der Waals surface area contributed by atoms with Crippen LogP contribution >= 0.6 is 0 Å². The van der Waals surface area contributed by atoms with Gasteiger partial charge in [-0.05, 0) is 67.1 Å². The lowest BCUT2D eigenvalue weighted by Gasteiger charge is -2.07. The van der Waals surface area contributed by atoms with E-state index in [1.807, 2.05) is 79.7 Å². The Balaban J connectivity index is 1.39. The number of oxazole rings is 1. The molecule has 7 nitrogen and oxygen atoms in total. The number of anilines is 1. The van der Waals surface area contributed by atoms with E-state index < -0.39 is 0 Å². The smallest absolute Gasteiger partial charge is 0.230 e. The topological polar surface area (TPSA) is 78.1 Å². The van der Waals surface area contributed by atoms with E-state index >= 15 is 0 Å². The number of hydrogen-bond donors (Lipinski definition) is 1. The first-order valence-electron chi connectivity index (χ1n) is 10.4. The summed E-state index contributed by atoms with van der Waals surface area (Å²) in [6.45, 7) is 2.14. The molecule has 0 saturated carbocycles. The first kappa shape index (κ1) is 22.0. The fourth-order valence-corrected chi connectivity index (χ4v) is 3.15. The molecule has 7 heteroatoms. The molecule has 0 fully saturated rings. The zero-order chi connectivity index (χ0) is 23.0. The molecule has 33 heavy (non-hydrogen) atoms. The summed E-state index contributed by atoms with van der Waals surface area (Å²) < 4.78 is 22.5. The number of hydrazone groups is 1. The van der Waals surface area contributed by atoms with Crippen molar-refractivity contribution < 1.29 is 18.6 Å². The molecule has 1 N–H and O–H groups in total. The third kappa shape index (κ3) is 5.51. The third-order valence-electron chi connectivity index (χ3n) is 4.97. The molecule has 1 heterocycles. The van der Waals surface area contributed by atoms with Crippen LogP contribution in [0.15, 0.2) is 82.3 Å². The molecule has 0 radical (unpaired) electrons. The lowest BCUT2D eigenvalue weighted by Crippen LogP contribution is -1.98. The highest BCUT2D eigenvalue weighted by atomic mass is 16.5.